The normalized spacial score (nSPS) is 13.1. The highest BCUT2D eigenvalue weighted by molar-refractivity contribution is 5.76. The summed E-state index contributed by atoms with van der Waals surface area (Å²) in [6.45, 7) is 3.59. The quantitative estimate of drug-likeness (QED) is 0.842. The van der Waals surface area contributed by atoms with Crippen LogP contribution in [0.4, 0.5) is 4.79 Å². The Morgan fingerprint density at radius 3 is 2.62 bits per heavy atom. The summed E-state index contributed by atoms with van der Waals surface area (Å²) in [6, 6.07) is 6.93. The Kier molecular flexibility index (Phi) is 6.02. The number of carbonyl (C=O) groups excluding carboxylic acids is 1. The van der Waals surface area contributed by atoms with Crippen LogP contribution in [0.1, 0.15) is 25.5 Å². The average molecular weight is 294 g/mol. The maximum atomic E-state index is 12.0. The molecule has 0 aliphatic rings. The third-order valence-electron chi connectivity index (χ3n) is 3.25. The molecule has 0 saturated carbocycles. The number of hydrogen-bond acceptors (Lipinski definition) is 3. The summed E-state index contributed by atoms with van der Waals surface area (Å²) in [5, 5.41) is 11.7. The molecule has 6 nitrogen and oxygen atoms in total. The van der Waals surface area contributed by atoms with E-state index in [2.05, 4.69) is 5.32 Å². The molecule has 0 spiro atoms. The molecule has 2 N–H and O–H groups in total. The molecule has 0 aromatic heterocycles. The van der Waals surface area contributed by atoms with Gasteiger partial charge in [-0.15, -0.1) is 0 Å². The van der Waals surface area contributed by atoms with Gasteiger partial charge in [0.25, 0.3) is 0 Å². The van der Waals surface area contributed by atoms with Crippen LogP contribution in [0.3, 0.4) is 0 Å². The van der Waals surface area contributed by atoms with Crippen LogP contribution in [0.5, 0.6) is 5.75 Å². The average Bonchev–Trinajstić information content (AvgIpc) is 2.46. The molecule has 0 saturated heterocycles. The first kappa shape index (κ1) is 16.8. The molecule has 2 unspecified atom stereocenters. The Morgan fingerprint density at radius 2 is 2.05 bits per heavy atom. The van der Waals surface area contributed by atoms with Crippen LogP contribution in [0.15, 0.2) is 24.3 Å². The van der Waals surface area contributed by atoms with Gasteiger partial charge < -0.3 is 20.1 Å². The summed E-state index contributed by atoms with van der Waals surface area (Å²) in [5.41, 5.74) is 0.919. The van der Waals surface area contributed by atoms with Crippen molar-refractivity contribution in [2.75, 3.05) is 20.7 Å². The molecule has 1 aromatic carbocycles. The van der Waals surface area contributed by atoms with E-state index >= 15 is 0 Å². The summed E-state index contributed by atoms with van der Waals surface area (Å²) < 4.78 is 5.15. The second-order valence-corrected chi connectivity index (χ2v) is 5.07. The van der Waals surface area contributed by atoms with E-state index in [0.717, 1.165) is 11.3 Å². The molecular formula is C15H22N2O4. The van der Waals surface area contributed by atoms with Crippen LogP contribution >= 0.6 is 0 Å². The summed E-state index contributed by atoms with van der Waals surface area (Å²) in [4.78, 5) is 24.2. The molecule has 116 valence electrons. The number of carboxylic acids is 1. The van der Waals surface area contributed by atoms with Crippen molar-refractivity contribution in [1.29, 1.82) is 0 Å². The Morgan fingerprint density at radius 1 is 1.38 bits per heavy atom. The van der Waals surface area contributed by atoms with Crippen LogP contribution in [0.25, 0.3) is 0 Å². The van der Waals surface area contributed by atoms with E-state index in [1.807, 2.05) is 31.2 Å². The fraction of sp³-hybridized carbons (Fsp3) is 0.467. The smallest absolute Gasteiger partial charge is 0.317 e. The lowest BCUT2D eigenvalue weighted by atomic mass is 10.1. The molecule has 0 bridgehead atoms. The fourth-order valence-corrected chi connectivity index (χ4v) is 1.86. The Hall–Kier alpha value is -2.24. The summed E-state index contributed by atoms with van der Waals surface area (Å²) >= 11 is 0. The van der Waals surface area contributed by atoms with Gasteiger partial charge in [-0.1, -0.05) is 19.1 Å². The van der Waals surface area contributed by atoms with Gasteiger partial charge in [0.1, 0.15) is 5.75 Å². The molecule has 0 heterocycles. The van der Waals surface area contributed by atoms with Gasteiger partial charge in [0.15, 0.2) is 0 Å². The summed E-state index contributed by atoms with van der Waals surface area (Å²) in [5.74, 6) is -0.801. The molecule has 2 amide bonds. The number of nitrogens with one attached hydrogen (secondary N) is 1. The number of ether oxygens (including phenoxy) is 1. The number of carboxylic acid groups (broad SMARTS) is 1. The van der Waals surface area contributed by atoms with Gasteiger partial charge in [0.2, 0.25) is 0 Å². The minimum atomic E-state index is -0.921. The van der Waals surface area contributed by atoms with Crippen molar-refractivity contribution in [3.8, 4) is 5.75 Å². The first-order chi connectivity index (χ1) is 9.85. The van der Waals surface area contributed by atoms with Crippen molar-refractivity contribution < 1.29 is 19.4 Å². The van der Waals surface area contributed by atoms with E-state index in [4.69, 9.17) is 9.84 Å². The Bertz CT molecular complexity index is 504. The molecule has 0 fully saturated rings. The Balaban J connectivity index is 2.62. The standard InChI is InChI=1S/C15H22N2O4/c1-10(14(18)19)9-17(3)15(20)16-11(2)12-6-5-7-13(8-12)21-4/h5-8,10-11H,9H2,1-4H3,(H,16,20)(H,18,19). The van der Waals surface area contributed by atoms with E-state index in [0.29, 0.717) is 0 Å². The van der Waals surface area contributed by atoms with Gasteiger partial charge in [-0.05, 0) is 24.6 Å². The van der Waals surface area contributed by atoms with Crippen LogP contribution in [-0.2, 0) is 4.79 Å². The number of nitrogens with zero attached hydrogens (tertiary/aromatic N) is 1. The number of benzene rings is 1. The SMILES string of the molecule is COc1cccc(C(C)NC(=O)N(C)CC(C)C(=O)O)c1. The number of urea groups is 1. The highest BCUT2D eigenvalue weighted by Crippen LogP contribution is 2.18. The third-order valence-corrected chi connectivity index (χ3v) is 3.25. The fourth-order valence-electron chi connectivity index (χ4n) is 1.86. The van der Waals surface area contributed by atoms with Crippen LogP contribution in [0, 0.1) is 5.92 Å². The van der Waals surface area contributed by atoms with E-state index < -0.39 is 11.9 Å². The Labute approximate surface area is 124 Å². The van der Waals surface area contributed by atoms with Gasteiger partial charge in [-0.25, -0.2) is 4.79 Å². The van der Waals surface area contributed by atoms with Gasteiger partial charge in [-0.2, -0.15) is 0 Å². The maximum Gasteiger partial charge on any atom is 0.317 e. The van der Waals surface area contributed by atoms with Crippen molar-refractivity contribution in [2.45, 2.75) is 19.9 Å². The van der Waals surface area contributed by atoms with E-state index in [9.17, 15) is 9.59 Å². The van der Waals surface area contributed by atoms with E-state index in [-0.39, 0.29) is 18.6 Å². The van der Waals surface area contributed by atoms with Crippen molar-refractivity contribution >= 4 is 12.0 Å². The monoisotopic (exact) mass is 294 g/mol. The molecule has 6 heteroatoms. The maximum absolute atomic E-state index is 12.0. The lowest BCUT2D eigenvalue weighted by molar-refractivity contribution is -0.141. The lowest BCUT2D eigenvalue weighted by Crippen LogP contribution is -2.41. The third kappa shape index (κ3) is 4.98. The zero-order valence-electron chi connectivity index (χ0n) is 12.8. The predicted molar refractivity (Wildman–Crippen MR) is 79.4 cm³/mol. The predicted octanol–water partition coefficient (Wildman–Crippen LogP) is 2.12. The molecule has 1 aromatic rings. The molecule has 1 rings (SSSR count). The molecule has 2 atom stereocenters. The number of methoxy groups -OCH3 is 1. The summed E-state index contributed by atoms with van der Waals surface area (Å²) in [6.07, 6.45) is 0. The van der Waals surface area contributed by atoms with Crippen molar-refractivity contribution in [1.82, 2.24) is 10.2 Å². The molecule has 0 aliphatic carbocycles. The van der Waals surface area contributed by atoms with Gasteiger partial charge >= 0.3 is 12.0 Å². The first-order valence-corrected chi connectivity index (χ1v) is 6.73. The van der Waals surface area contributed by atoms with Gasteiger partial charge in [0, 0.05) is 13.6 Å². The molecule has 0 aliphatic heterocycles. The van der Waals surface area contributed by atoms with E-state index in [1.54, 1.807) is 21.1 Å². The van der Waals surface area contributed by atoms with Crippen LogP contribution in [-0.4, -0.2) is 42.7 Å². The van der Waals surface area contributed by atoms with Gasteiger partial charge in [0.05, 0.1) is 19.1 Å². The second-order valence-electron chi connectivity index (χ2n) is 5.07. The highest BCUT2D eigenvalue weighted by atomic mass is 16.5. The zero-order chi connectivity index (χ0) is 16.0. The zero-order valence-corrected chi connectivity index (χ0v) is 12.8. The molecular weight excluding hydrogens is 272 g/mol. The number of carbonyl (C=O) groups is 2. The minimum absolute atomic E-state index is 0.159. The number of hydrogen-bond donors (Lipinski definition) is 2. The minimum Gasteiger partial charge on any atom is -0.497 e. The first-order valence-electron chi connectivity index (χ1n) is 6.73. The number of amides is 2. The molecule has 21 heavy (non-hydrogen) atoms. The second kappa shape index (κ2) is 7.52. The molecule has 0 radical (unpaired) electrons. The van der Waals surface area contributed by atoms with Crippen molar-refractivity contribution in [2.24, 2.45) is 5.92 Å². The van der Waals surface area contributed by atoms with Gasteiger partial charge in [-0.3, -0.25) is 4.79 Å². The largest absolute Gasteiger partial charge is 0.497 e. The highest BCUT2D eigenvalue weighted by Gasteiger charge is 2.19. The topological polar surface area (TPSA) is 78.9 Å². The lowest BCUT2D eigenvalue weighted by Gasteiger charge is -2.23. The van der Waals surface area contributed by atoms with Crippen molar-refractivity contribution in [3.63, 3.8) is 0 Å². The number of aliphatic carboxylic acids is 1. The summed E-state index contributed by atoms with van der Waals surface area (Å²) in [7, 11) is 3.16. The van der Waals surface area contributed by atoms with Crippen molar-refractivity contribution in [3.05, 3.63) is 29.8 Å². The number of rotatable bonds is 6. The van der Waals surface area contributed by atoms with E-state index in [1.165, 1.54) is 4.90 Å². The van der Waals surface area contributed by atoms with Crippen LogP contribution < -0.4 is 10.1 Å². The van der Waals surface area contributed by atoms with Crippen LogP contribution in [0.2, 0.25) is 0 Å².